The number of benzene rings is 1. The molecule has 0 spiro atoms. The number of carbonyl (C=O) groups is 1. The third-order valence-electron chi connectivity index (χ3n) is 5.84. The van der Waals surface area contributed by atoms with Gasteiger partial charge in [-0.25, -0.2) is 14.4 Å². The summed E-state index contributed by atoms with van der Waals surface area (Å²) in [6.07, 6.45) is 7.09. The molecule has 1 aliphatic carbocycles. The third kappa shape index (κ3) is 4.66. The van der Waals surface area contributed by atoms with Crippen molar-refractivity contribution in [2.75, 3.05) is 24.5 Å². The molecule has 1 aromatic heterocycles. The normalized spacial score (nSPS) is 20.6. The molecule has 1 amide bonds. The topological polar surface area (TPSA) is 58.6 Å². The summed E-state index contributed by atoms with van der Waals surface area (Å²) in [5, 5.41) is 0. The Balaban J connectivity index is 1.40. The molecule has 2 aromatic rings. The van der Waals surface area contributed by atoms with Crippen molar-refractivity contribution in [3.8, 4) is 11.6 Å². The molecular weight excluding hydrogens is 371 g/mol. The van der Waals surface area contributed by atoms with Crippen LogP contribution in [0.3, 0.4) is 0 Å². The Kier molecular flexibility index (Phi) is 5.92. The van der Waals surface area contributed by atoms with Gasteiger partial charge in [0.2, 0.25) is 11.8 Å². The van der Waals surface area contributed by atoms with Gasteiger partial charge >= 0.3 is 0 Å². The fourth-order valence-electron chi connectivity index (χ4n) is 4.29. The van der Waals surface area contributed by atoms with Crippen LogP contribution in [-0.4, -0.2) is 46.5 Å². The molecule has 0 N–H and O–H groups in total. The maximum atomic E-state index is 13.4. The van der Waals surface area contributed by atoms with Gasteiger partial charge in [-0.05, 0) is 31.9 Å². The van der Waals surface area contributed by atoms with Gasteiger partial charge in [-0.2, -0.15) is 0 Å². The predicted molar refractivity (Wildman–Crippen MR) is 108 cm³/mol. The highest BCUT2D eigenvalue weighted by Gasteiger charge is 2.32. The lowest BCUT2D eigenvalue weighted by molar-refractivity contribution is -0.139. The third-order valence-corrected chi connectivity index (χ3v) is 5.84. The van der Waals surface area contributed by atoms with Gasteiger partial charge in [0, 0.05) is 43.7 Å². The molecule has 0 bridgehead atoms. The highest BCUT2D eigenvalue weighted by molar-refractivity contribution is 5.79. The van der Waals surface area contributed by atoms with Crippen LogP contribution in [0.15, 0.2) is 36.7 Å². The molecule has 4 rings (SSSR count). The molecule has 7 heteroatoms. The van der Waals surface area contributed by atoms with Gasteiger partial charge in [-0.1, -0.05) is 25.3 Å². The van der Waals surface area contributed by atoms with Gasteiger partial charge in [-0.3, -0.25) is 4.79 Å². The van der Waals surface area contributed by atoms with Crippen molar-refractivity contribution in [1.29, 1.82) is 0 Å². The molecule has 1 saturated heterocycles. The van der Waals surface area contributed by atoms with E-state index >= 15 is 0 Å². The highest BCUT2D eigenvalue weighted by Crippen LogP contribution is 2.28. The molecule has 1 aromatic carbocycles. The molecule has 6 nitrogen and oxygen atoms in total. The van der Waals surface area contributed by atoms with E-state index in [0.717, 1.165) is 31.7 Å². The molecule has 2 heterocycles. The van der Waals surface area contributed by atoms with Crippen molar-refractivity contribution < 1.29 is 13.9 Å². The molecule has 2 aliphatic rings. The minimum Gasteiger partial charge on any atom is -0.439 e. The summed E-state index contributed by atoms with van der Waals surface area (Å²) in [4.78, 5) is 25.6. The van der Waals surface area contributed by atoms with Crippen molar-refractivity contribution in [1.82, 2.24) is 14.9 Å². The molecule has 154 valence electrons. The van der Waals surface area contributed by atoms with Crippen LogP contribution in [0.25, 0.3) is 0 Å². The maximum Gasteiger partial charge on any atom is 0.226 e. The first-order chi connectivity index (χ1) is 14.1. The lowest BCUT2D eigenvalue weighted by atomic mass is 9.88. The summed E-state index contributed by atoms with van der Waals surface area (Å²) in [7, 11) is 0. The first-order valence-electron chi connectivity index (χ1n) is 10.4. The lowest BCUT2D eigenvalue weighted by Crippen LogP contribution is -2.55. The average molecular weight is 398 g/mol. The first-order valence-corrected chi connectivity index (χ1v) is 10.4. The van der Waals surface area contributed by atoms with Gasteiger partial charge in [0.1, 0.15) is 23.7 Å². The lowest BCUT2D eigenvalue weighted by Gasteiger charge is -2.42. The van der Waals surface area contributed by atoms with Crippen LogP contribution in [0.2, 0.25) is 0 Å². The monoisotopic (exact) mass is 398 g/mol. The van der Waals surface area contributed by atoms with Crippen LogP contribution in [-0.2, 0) is 4.79 Å². The molecule has 0 unspecified atom stereocenters. The second kappa shape index (κ2) is 8.76. The van der Waals surface area contributed by atoms with Gasteiger partial charge in [0.25, 0.3) is 0 Å². The number of nitrogens with zero attached hydrogens (tertiary/aromatic N) is 4. The number of ether oxygens (including phenoxy) is 1. The number of anilines is 1. The van der Waals surface area contributed by atoms with Crippen LogP contribution in [0, 0.1) is 11.7 Å². The summed E-state index contributed by atoms with van der Waals surface area (Å²) in [6, 6.07) is 7.85. The number of hydrogen-bond acceptors (Lipinski definition) is 5. The van der Waals surface area contributed by atoms with E-state index in [1.54, 1.807) is 18.2 Å². The molecule has 1 atom stereocenters. The Morgan fingerprint density at radius 3 is 2.72 bits per heavy atom. The molecule has 1 aliphatic heterocycles. The minimum atomic E-state index is -0.357. The number of rotatable bonds is 4. The zero-order chi connectivity index (χ0) is 20.2. The summed E-state index contributed by atoms with van der Waals surface area (Å²) >= 11 is 0. The summed E-state index contributed by atoms with van der Waals surface area (Å²) in [6.45, 7) is 4.23. The highest BCUT2D eigenvalue weighted by atomic mass is 19.1. The summed E-state index contributed by atoms with van der Waals surface area (Å²) in [5.41, 5.74) is 0. The Morgan fingerprint density at radius 1 is 1.14 bits per heavy atom. The number of amides is 1. The second-order valence-electron chi connectivity index (χ2n) is 7.94. The van der Waals surface area contributed by atoms with E-state index in [1.807, 2.05) is 4.90 Å². The largest absolute Gasteiger partial charge is 0.439 e. The first kappa shape index (κ1) is 19.6. The minimum absolute atomic E-state index is 0.126. The fraction of sp³-hybridized carbons (Fsp3) is 0.500. The van der Waals surface area contributed by atoms with E-state index in [-0.39, 0.29) is 17.8 Å². The SMILES string of the molecule is C[C@H]1CN(c2cc(Oc3cccc(F)c3)ncn2)CCN1C(=O)C1CCCCC1. The second-order valence-corrected chi connectivity index (χ2v) is 7.94. The zero-order valence-electron chi connectivity index (χ0n) is 16.8. The predicted octanol–water partition coefficient (Wildman–Crippen LogP) is 4.03. The Morgan fingerprint density at radius 2 is 1.97 bits per heavy atom. The standard InChI is InChI=1S/C22H27FN4O2/c1-16-14-26(10-11-27(16)22(28)17-6-3-2-4-7-17)20-13-21(25-15-24-20)29-19-9-5-8-18(23)12-19/h5,8-9,12-13,15-17H,2-4,6-7,10-11,14H2,1H3/t16-/m0/s1. The van der Waals surface area contributed by atoms with Crippen LogP contribution in [0.4, 0.5) is 10.2 Å². The number of piperazine rings is 1. The molecule has 2 fully saturated rings. The number of aromatic nitrogens is 2. The van der Waals surface area contributed by atoms with E-state index < -0.39 is 0 Å². The Labute approximate surface area is 170 Å². The maximum absolute atomic E-state index is 13.4. The van der Waals surface area contributed by atoms with Crippen LogP contribution < -0.4 is 9.64 Å². The van der Waals surface area contributed by atoms with Gasteiger partial charge in [0.05, 0.1) is 0 Å². The molecule has 1 saturated carbocycles. The van der Waals surface area contributed by atoms with E-state index in [4.69, 9.17) is 4.74 Å². The Hall–Kier alpha value is -2.70. The average Bonchev–Trinajstić information content (AvgIpc) is 2.74. The summed E-state index contributed by atoms with van der Waals surface area (Å²) < 4.78 is 19.0. The van der Waals surface area contributed by atoms with Gasteiger partial charge < -0.3 is 14.5 Å². The molecular formula is C22H27FN4O2. The van der Waals surface area contributed by atoms with E-state index in [2.05, 4.69) is 21.8 Å². The van der Waals surface area contributed by atoms with Crippen LogP contribution in [0.1, 0.15) is 39.0 Å². The molecule has 0 radical (unpaired) electrons. The van der Waals surface area contributed by atoms with Crippen LogP contribution in [0.5, 0.6) is 11.6 Å². The fourth-order valence-corrected chi connectivity index (χ4v) is 4.29. The number of hydrogen-bond donors (Lipinski definition) is 0. The van der Waals surface area contributed by atoms with E-state index in [9.17, 15) is 9.18 Å². The van der Waals surface area contributed by atoms with E-state index in [0.29, 0.717) is 24.1 Å². The number of halogens is 1. The summed E-state index contributed by atoms with van der Waals surface area (Å²) in [5.74, 6) is 1.67. The Bertz CT molecular complexity index is 856. The van der Waals surface area contributed by atoms with Crippen molar-refractivity contribution in [3.63, 3.8) is 0 Å². The quantitative estimate of drug-likeness (QED) is 0.778. The smallest absolute Gasteiger partial charge is 0.226 e. The zero-order valence-corrected chi connectivity index (χ0v) is 16.8. The van der Waals surface area contributed by atoms with Crippen molar-refractivity contribution in [2.45, 2.75) is 45.1 Å². The van der Waals surface area contributed by atoms with Gasteiger partial charge in [-0.15, -0.1) is 0 Å². The molecule has 29 heavy (non-hydrogen) atoms. The van der Waals surface area contributed by atoms with Gasteiger partial charge in [0.15, 0.2) is 0 Å². The number of carbonyl (C=O) groups excluding carboxylic acids is 1. The van der Waals surface area contributed by atoms with E-state index in [1.165, 1.54) is 37.7 Å². The van der Waals surface area contributed by atoms with Crippen molar-refractivity contribution >= 4 is 11.7 Å². The van der Waals surface area contributed by atoms with Crippen LogP contribution >= 0.6 is 0 Å². The van der Waals surface area contributed by atoms with Crippen molar-refractivity contribution in [2.24, 2.45) is 5.92 Å². The van der Waals surface area contributed by atoms with Crippen molar-refractivity contribution in [3.05, 3.63) is 42.5 Å².